The van der Waals surface area contributed by atoms with Crippen molar-refractivity contribution in [2.75, 3.05) is 6.61 Å². The highest BCUT2D eigenvalue weighted by atomic mass is 16.7. The second-order valence-electron chi connectivity index (χ2n) is 7.85. The van der Waals surface area contributed by atoms with Crippen LogP contribution in [0.15, 0.2) is 42.5 Å². The molecule has 2 aromatic carbocycles. The lowest BCUT2D eigenvalue weighted by Crippen LogP contribution is -2.67. The minimum absolute atomic E-state index is 0.296. The van der Waals surface area contributed by atoms with E-state index in [0.717, 1.165) is 10.8 Å². The van der Waals surface area contributed by atoms with Gasteiger partial charge in [-0.3, -0.25) is 19.2 Å². The maximum absolute atomic E-state index is 12.0. The summed E-state index contributed by atoms with van der Waals surface area (Å²) in [7, 11) is 0. The number of esters is 3. The van der Waals surface area contributed by atoms with Gasteiger partial charge in [-0.2, -0.15) is 0 Å². The SMILES string of the molecule is CC(=O)N[C@H]1[C@@H](Oc2ccc3ccccc3c2)O[C@@H](COC(C)=O)[C@@H](OC(C)=O)[C@@H]1OC(C)=O. The number of carbonyl (C=O) groups excluding carboxylic acids is 4. The zero-order chi connectivity index (χ0) is 24.8. The lowest BCUT2D eigenvalue weighted by molar-refractivity contribution is -0.257. The molecule has 0 radical (unpaired) electrons. The quantitative estimate of drug-likeness (QED) is 0.474. The Morgan fingerprint density at radius 1 is 0.853 bits per heavy atom. The second kappa shape index (κ2) is 11.0. The Balaban J connectivity index is 1.98. The molecule has 0 bridgehead atoms. The largest absolute Gasteiger partial charge is 0.463 e. The number of ether oxygens (including phenoxy) is 5. The van der Waals surface area contributed by atoms with Gasteiger partial charge in [0.1, 0.15) is 24.5 Å². The Morgan fingerprint density at radius 2 is 1.50 bits per heavy atom. The molecule has 0 saturated carbocycles. The van der Waals surface area contributed by atoms with E-state index in [-0.39, 0.29) is 6.61 Å². The third-order valence-electron chi connectivity index (χ3n) is 5.04. The van der Waals surface area contributed by atoms with Gasteiger partial charge in [-0.25, -0.2) is 0 Å². The van der Waals surface area contributed by atoms with Crippen LogP contribution in [0.2, 0.25) is 0 Å². The normalized spacial score (nSPS) is 24.1. The maximum Gasteiger partial charge on any atom is 0.303 e. The molecule has 2 aromatic rings. The summed E-state index contributed by atoms with van der Waals surface area (Å²) in [6.45, 7) is 4.57. The summed E-state index contributed by atoms with van der Waals surface area (Å²) >= 11 is 0. The van der Waals surface area contributed by atoms with Gasteiger partial charge in [0.25, 0.3) is 0 Å². The van der Waals surface area contributed by atoms with Gasteiger partial charge in [0.05, 0.1) is 0 Å². The van der Waals surface area contributed by atoms with Crippen molar-refractivity contribution in [3.63, 3.8) is 0 Å². The molecular weight excluding hydrogens is 446 g/mol. The van der Waals surface area contributed by atoms with Gasteiger partial charge in [-0.05, 0) is 22.9 Å². The molecule has 0 spiro atoms. The Hall–Kier alpha value is -3.66. The Kier molecular flexibility index (Phi) is 8.06. The van der Waals surface area contributed by atoms with Crippen LogP contribution in [0.25, 0.3) is 10.8 Å². The molecule has 1 N–H and O–H groups in total. The first-order valence-corrected chi connectivity index (χ1v) is 10.7. The van der Waals surface area contributed by atoms with E-state index in [0.29, 0.717) is 5.75 Å². The van der Waals surface area contributed by atoms with Crippen LogP contribution in [0.3, 0.4) is 0 Å². The summed E-state index contributed by atoms with van der Waals surface area (Å²) < 4.78 is 28.0. The average molecular weight is 473 g/mol. The molecule has 10 heteroatoms. The lowest BCUT2D eigenvalue weighted by atomic mass is 9.96. The number of hydrogen-bond acceptors (Lipinski definition) is 9. The zero-order valence-corrected chi connectivity index (χ0v) is 19.3. The molecule has 1 fully saturated rings. The fourth-order valence-electron chi connectivity index (χ4n) is 3.77. The molecule has 1 heterocycles. The van der Waals surface area contributed by atoms with Crippen molar-refractivity contribution in [2.45, 2.75) is 58.3 Å². The fraction of sp³-hybridized carbons (Fsp3) is 0.417. The zero-order valence-electron chi connectivity index (χ0n) is 19.3. The van der Waals surface area contributed by atoms with Crippen molar-refractivity contribution in [1.82, 2.24) is 5.32 Å². The van der Waals surface area contributed by atoms with E-state index >= 15 is 0 Å². The third kappa shape index (κ3) is 6.44. The summed E-state index contributed by atoms with van der Waals surface area (Å²) in [6, 6.07) is 12.0. The standard InChI is InChI=1S/C24H27NO9/c1-13(26)25-21-23(32-16(4)29)22(31-15(3)28)20(12-30-14(2)27)34-24(21)33-19-10-9-17-7-5-6-8-18(17)11-19/h5-11,20-24H,12H2,1-4H3,(H,25,26)/t20-,21+,22+,23+,24-/m0/s1. The molecule has 10 nitrogen and oxygen atoms in total. The van der Waals surface area contributed by atoms with Crippen molar-refractivity contribution in [1.29, 1.82) is 0 Å². The van der Waals surface area contributed by atoms with Crippen LogP contribution >= 0.6 is 0 Å². The molecule has 0 aliphatic carbocycles. The highest BCUT2D eigenvalue weighted by Crippen LogP contribution is 2.30. The minimum Gasteiger partial charge on any atom is -0.463 e. The fourth-order valence-corrected chi connectivity index (χ4v) is 3.77. The predicted molar refractivity (Wildman–Crippen MR) is 119 cm³/mol. The summed E-state index contributed by atoms with van der Waals surface area (Å²) in [6.07, 6.45) is -4.55. The number of nitrogens with one attached hydrogen (secondary N) is 1. The van der Waals surface area contributed by atoms with Crippen molar-refractivity contribution >= 4 is 34.6 Å². The molecule has 3 rings (SSSR count). The van der Waals surface area contributed by atoms with Gasteiger partial charge in [0.2, 0.25) is 12.2 Å². The predicted octanol–water partition coefficient (Wildman–Crippen LogP) is 1.87. The van der Waals surface area contributed by atoms with Crippen molar-refractivity contribution in [3.05, 3.63) is 42.5 Å². The van der Waals surface area contributed by atoms with E-state index in [1.165, 1.54) is 27.7 Å². The van der Waals surface area contributed by atoms with Crippen LogP contribution in [-0.4, -0.2) is 61.1 Å². The van der Waals surface area contributed by atoms with Gasteiger partial charge >= 0.3 is 17.9 Å². The Morgan fingerprint density at radius 3 is 2.12 bits per heavy atom. The molecule has 1 saturated heterocycles. The smallest absolute Gasteiger partial charge is 0.303 e. The number of carbonyl (C=O) groups is 4. The molecule has 5 atom stereocenters. The van der Waals surface area contributed by atoms with Crippen LogP contribution in [0, 0.1) is 0 Å². The summed E-state index contributed by atoms with van der Waals surface area (Å²) in [5.41, 5.74) is 0. The molecule has 1 amide bonds. The van der Waals surface area contributed by atoms with Crippen molar-refractivity contribution in [3.8, 4) is 5.75 Å². The van der Waals surface area contributed by atoms with Crippen molar-refractivity contribution < 1.29 is 42.9 Å². The molecule has 1 aliphatic heterocycles. The Bertz CT molecular complexity index is 1070. The van der Waals surface area contributed by atoms with Crippen LogP contribution in [0.1, 0.15) is 27.7 Å². The molecular formula is C24H27NO9. The first kappa shape index (κ1) is 25.0. The van der Waals surface area contributed by atoms with Crippen LogP contribution in [0.4, 0.5) is 0 Å². The van der Waals surface area contributed by atoms with Gasteiger partial charge in [-0.1, -0.05) is 30.3 Å². The third-order valence-corrected chi connectivity index (χ3v) is 5.04. The van der Waals surface area contributed by atoms with Gasteiger partial charge in [0.15, 0.2) is 12.2 Å². The topological polar surface area (TPSA) is 126 Å². The Labute approximate surface area is 196 Å². The number of rotatable bonds is 7. The monoisotopic (exact) mass is 473 g/mol. The first-order chi connectivity index (χ1) is 16.1. The van der Waals surface area contributed by atoms with E-state index in [9.17, 15) is 19.2 Å². The summed E-state index contributed by atoms with van der Waals surface area (Å²) in [5.74, 6) is -1.94. The molecule has 34 heavy (non-hydrogen) atoms. The highest BCUT2D eigenvalue weighted by molar-refractivity contribution is 5.83. The first-order valence-electron chi connectivity index (χ1n) is 10.7. The van der Waals surface area contributed by atoms with Gasteiger partial charge in [-0.15, -0.1) is 0 Å². The summed E-state index contributed by atoms with van der Waals surface area (Å²) in [5, 5.41) is 4.58. The number of fused-ring (bicyclic) bond motifs is 1. The maximum atomic E-state index is 12.0. The minimum atomic E-state index is -1.18. The van der Waals surface area contributed by atoms with E-state index in [4.69, 9.17) is 23.7 Å². The average Bonchev–Trinajstić information content (AvgIpc) is 2.75. The second-order valence-corrected chi connectivity index (χ2v) is 7.85. The molecule has 0 aromatic heterocycles. The van der Waals surface area contributed by atoms with Gasteiger partial charge in [0, 0.05) is 27.7 Å². The van der Waals surface area contributed by atoms with E-state index in [1.54, 1.807) is 12.1 Å². The van der Waals surface area contributed by atoms with Gasteiger partial charge < -0.3 is 29.0 Å². The van der Waals surface area contributed by atoms with Crippen LogP contribution in [-0.2, 0) is 38.1 Å². The lowest BCUT2D eigenvalue weighted by Gasteiger charge is -2.44. The van der Waals surface area contributed by atoms with E-state index in [2.05, 4.69) is 5.32 Å². The molecule has 182 valence electrons. The number of amides is 1. The van der Waals surface area contributed by atoms with Crippen LogP contribution < -0.4 is 10.1 Å². The summed E-state index contributed by atoms with van der Waals surface area (Å²) in [4.78, 5) is 47.1. The molecule has 0 unspecified atom stereocenters. The molecule has 1 aliphatic rings. The highest BCUT2D eigenvalue weighted by Gasteiger charge is 2.51. The van der Waals surface area contributed by atoms with Crippen LogP contribution in [0.5, 0.6) is 5.75 Å². The van der Waals surface area contributed by atoms with E-state index < -0.39 is 54.5 Å². The number of benzene rings is 2. The van der Waals surface area contributed by atoms with E-state index in [1.807, 2.05) is 30.3 Å². The number of hydrogen-bond donors (Lipinski definition) is 1. The van der Waals surface area contributed by atoms with Crippen molar-refractivity contribution in [2.24, 2.45) is 0 Å².